The Morgan fingerprint density at radius 2 is 1.77 bits per heavy atom. The standard InChI is InChI=1S/C19H12ClNS/c20-14-10-16-13(9-11-5-1-3-7-15(11)21-16)18-12-6-2-4-8-17(12)22-19(14)18/h1-8,10,21H,9H2. The van der Waals surface area contributed by atoms with Crippen molar-refractivity contribution in [2.45, 2.75) is 6.42 Å². The molecule has 106 valence electrons. The van der Waals surface area contributed by atoms with Crippen LogP contribution in [0.15, 0.2) is 54.6 Å². The van der Waals surface area contributed by atoms with Gasteiger partial charge in [-0.3, -0.25) is 0 Å². The topological polar surface area (TPSA) is 12.0 Å². The van der Waals surface area contributed by atoms with Crippen molar-refractivity contribution in [1.82, 2.24) is 0 Å². The molecule has 3 aromatic carbocycles. The first kappa shape index (κ1) is 12.5. The Labute approximate surface area is 137 Å². The molecule has 2 heterocycles. The minimum absolute atomic E-state index is 0.835. The van der Waals surface area contributed by atoms with Gasteiger partial charge in [0.1, 0.15) is 0 Å². The Kier molecular flexibility index (Phi) is 2.55. The Morgan fingerprint density at radius 1 is 0.955 bits per heavy atom. The van der Waals surface area contributed by atoms with Crippen LogP contribution in [0.4, 0.5) is 11.4 Å². The lowest BCUT2D eigenvalue weighted by molar-refractivity contribution is 1.18. The molecule has 0 saturated heterocycles. The molecule has 0 radical (unpaired) electrons. The second-order valence-corrected chi connectivity index (χ2v) is 7.11. The third kappa shape index (κ3) is 1.65. The third-order valence-corrected chi connectivity index (χ3v) is 5.98. The lowest BCUT2D eigenvalue weighted by Crippen LogP contribution is -2.06. The summed E-state index contributed by atoms with van der Waals surface area (Å²) in [6, 6.07) is 19.1. The van der Waals surface area contributed by atoms with Gasteiger partial charge in [0.25, 0.3) is 0 Å². The van der Waals surface area contributed by atoms with E-state index in [9.17, 15) is 0 Å². The van der Waals surface area contributed by atoms with E-state index in [-0.39, 0.29) is 0 Å². The van der Waals surface area contributed by atoms with Crippen LogP contribution in [0.25, 0.3) is 20.2 Å². The van der Waals surface area contributed by atoms with Crippen LogP contribution in [-0.4, -0.2) is 0 Å². The average molecular weight is 322 g/mol. The molecular weight excluding hydrogens is 310 g/mol. The molecule has 1 nitrogen and oxygen atoms in total. The zero-order chi connectivity index (χ0) is 14.7. The van der Waals surface area contributed by atoms with Crippen LogP contribution < -0.4 is 5.32 Å². The highest BCUT2D eigenvalue weighted by atomic mass is 35.5. The summed E-state index contributed by atoms with van der Waals surface area (Å²) in [6.07, 6.45) is 0.951. The number of para-hydroxylation sites is 1. The minimum atomic E-state index is 0.835. The number of benzene rings is 3. The van der Waals surface area contributed by atoms with Crippen molar-refractivity contribution in [3.05, 3.63) is 70.7 Å². The molecule has 3 heteroatoms. The largest absolute Gasteiger partial charge is 0.355 e. The van der Waals surface area contributed by atoms with Gasteiger partial charge in [0, 0.05) is 33.3 Å². The summed E-state index contributed by atoms with van der Waals surface area (Å²) in [6.45, 7) is 0. The van der Waals surface area contributed by atoms with Crippen molar-refractivity contribution in [3.8, 4) is 0 Å². The zero-order valence-electron chi connectivity index (χ0n) is 11.7. The molecule has 0 amide bonds. The van der Waals surface area contributed by atoms with Gasteiger partial charge >= 0.3 is 0 Å². The number of hydrogen-bond acceptors (Lipinski definition) is 2. The number of fused-ring (bicyclic) bond motifs is 6. The van der Waals surface area contributed by atoms with Crippen LogP contribution in [-0.2, 0) is 6.42 Å². The van der Waals surface area contributed by atoms with Crippen LogP contribution in [0.3, 0.4) is 0 Å². The predicted octanol–water partition coefficient (Wildman–Crippen LogP) is 6.36. The Morgan fingerprint density at radius 3 is 2.73 bits per heavy atom. The zero-order valence-corrected chi connectivity index (χ0v) is 13.3. The van der Waals surface area contributed by atoms with E-state index < -0.39 is 0 Å². The Bertz CT molecular complexity index is 1050. The van der Waals surface area contributed by atoms with E-state index in [1.807, 2.05) is 0 Å². The maximum atomic E-state index is 6.56. The number of hydrogen-bond donors (Lipinski definition) is 1. The summed E-state index contributed by atoms with van der Waals surface area (Å²) in [5.41, 5.74) is 5.02. The van der Waals surface area contributed by atoms with E-state index in [2.05, 4.69) is 59.9 Å². The molecule has 1 aliphatic rings. The fourth-order valence-corrected chi connectivity index (χ4v) is 4.81. The van der Waals surface area contributed by atoms with Gasteiger partial charge < -0.3 is 5.32 Å². The molecule has 0 bridgehead atoms. The van der Waals surface area contributed by atoms with Gasteiger partial charge in [-0.1, -0.05) is 48.0 Å². The molecule has 1 aliphatic heterocycles. The quantitative estimate of drug-likeness (QED) is 0.350. The summed E-state index contributed by atoms with van der Waals surface area (Å²) in [7, 11) is 0. The van der Waals surface area contributed by atoms with Gasteiger partial charge in [0.15, 0.2) is 0 Å². The van der Waals surface area contributed by atoms with Gasteiger partial charge in [-0.15, -0.1) is 11.3 Å². The van der Waals surface area contributed by atoms with Crippen LogP contribution in [0.2, 0.25) is 5.02 Å². The van der Waals surface area contributed by atoms with E-state index in [1.165, 1.54) is 37.0 Å². The van der Waals surface area contributed by atoms with E-state index in [4.69, 9.17) is 11.6 Å². The highest BCUT2D eigenvalue weighted by Crippen LogP contribution is 2.46. The van der Waals surface area contributed by atoms with Crippen LogP contribution in [0, 0.1) is 0 Å². The monoisotopic (exact) mass is 321 g/mol. The van der Waals surface area contributed by atoms with Crippen LogP contribution in [0.5, 0.6) is 0 Å². The predicted molar refractivity (Wildman–Crippen MR) is 96.9 cm³/mol. The molecule has 0 fully saturated rings. The smallest absolute Gasteiger partial charge is 0.0605 e. The summed E-state index contributed by atoms with van der Waals surface area (Å²) in [5.74, 6) is 0. The number of nitrogens with one attached hydrogen (secondary N) is 1. The molecule has 4 aromatic rings. The fourth-order valence-electron chi connectivity index (χ4n) is 3.35. The Hall–Kier alpha value is -2.03. The number of rotatable bonds is 0. The maximum Gasteiger partial charge on any atom is 0.0605 e. The van der Waals surface area contributed by atoms with Crippen molar-refractivity contribution >= 4 is 54.5 Å². The second kappa shape index (κ2) is 4.48. The summed E-state index contributed by atoms with van der Waals surface area (Å²) < 4.78 is 2.49. The highest BCUT2D eigenvalue weighted by molar-refractivity contribution is 7.26. The lowest BCUT2D eigenvalue weighted by Gasteiger charge is -2.22. The maximum absolute atomic E-state index is 6.56. The third-order valence-electron chi connectivity index (χ3n) is 4.36. The molecule has 0 saturated carbocycles. The van der Waals surface area contributed by atoms with Crippen molar-refractivity contribution in [1.29, 1.82) is 0 Å². The summed E-state index contributed by atoms with van der Waals surface area (Å²) in [4.78, 5) is 0. The fraction of sp³-hybridized carbons (Fsp3) is 0.0526. The molecule has 0 unspecified atom stereocenters. The molecule has 1 N–H and O–H groups in total. The normalized spacial score (nSPS) is 13.0. The van der Waals surface area contributed by atoms with Gasteiger partial charge in [-0.05, 0) is 29.3 Å². The van der Waals surface area contributed by atoms with E-state index in [1.54, 1.807) is 11.3 Å². The van der Waals surface area contributed by atoms with E-state index in [0.29, 0.717) is 0 Å². The highest BCUT2D eigenvalue weighted by Gasteiger charge is 2.21. The SMILES string of the molecule is Clc1cc2c(c3c1sc1ccccc13)Cc1ccccc1N2. The minimum Gasteiger partial charge on any atom is -0.355 e. The molecule has 1 aromatic heterocycles. The second-order valence-electron chi connectivity index (χ2n) is 5.65. The summed E-state index contributed by atoms with van der Waals surface area (Å²) in [5, 5.41) is 7.00. The lowest BCUT2D eigenvalue weighted by atomic mass is 9.93. The van der Waals surface area contributed by atoms with Gasteiger partial charge in [-0.25, -0.2) is 0 Å². The molecular formula is C19H12ClNS. The molecule has 22 heavy (non-hydrogen) atoms. The molecule has 0 atom stereocenters. The van der Waals surface area contributed by atoms with Gasteiger partial charge in [0.2, 0.25) is 0 Å². The number of halogens is 1. The van der Waals surface area contributed by atoms with E-state index >= 15 is 0 Å². The first-order valence-corrected chi connectivity index (χ1v) is 8.48. The van der Waals surface area contributed by atoms with Crippen LogP contribution in [0.1, 0.15) is 11.1 Å². The molecule has 0 aliphatic carbocycles. The average Bonchev–Trinajstić information content (AvgIpc) is 2.94. The first-order valence-electron chi connectivity index (χ1n) is 7.29. The summed E-state index contributed by atoms with van der Waals surface area (Å²) >= 11 is 8.35. The number of thiophene rings is 1. The Balaban J connectivity index is 1.90. The van der Waals surface area contributed by atoms with E-state index in [0.717, 1.165) is 17.1 Å². The van der Waals surface area contributed by atoms with Gasteiger partial charge in [0.05, 0.1) is 9.72 Å². The molecule has 0 spiro atoms. The van der Waals surface area contributed by atoms with Crippen LogP contribution >= 0.6 is 22.9 Å². The number of anilines is 2. The first-order chi connectivity index (χ1) is 10.8. The molecule has 5 rings (SSSR count). The van der Waals surface area contributed by atoms with Crippen molar-refractivity contribution in [2.24, 2.45) is 0 Å². The van der Waals surface area contributed by atoms with Crippen molar-refractivity contribution < 1.29 is 0 Å². The van der Waals surface area contributed by atoms with Crippen molar-refractivity contribution in [3.63, 3.8) is 0 Å². The van der Waals surface area contributed by atoms with Gasteiger partial charge in [-0.2, -0.15) is 0 Å². The van der Waals surface area contributed by atoms with Crippen molar-refractivity contribution in [2.75, 3.05) is 5.32 Å².